The van der Waals surface area contributed by atoms with E-state index in [1.54, 1.807) is 6.07 Å². The van der Waals surface area contributed by atoms with Crippen molar-refractivity contribution in [2.45, 2.75) is 33.3 Å². The zero-order chi connectivity index (χ0) is 15.7. The lowest BCUT2D eigenvalue weighted by molar-refractivity contribution is 0.187. The van der Waals surface area contributed by atoms with Crippen LogP contribution in [0.25, 0.3) is 0 Å². The molecule has 0 aromatic heterocycles. The normalized spacial score (nSPS) is 12.7. The van der Waals surface area contributed by atoms with Crippen LogP contribution in [0.1, 0.15) is 38.9 Å². The lowest BCUT2D eigenvalue weighted by atomic mass is 10.1. The van der Waals surface area contributed by atoms with Gasteiger partial charge in [0.1, 0.15) is 6.10 Å². The van der Waals surface area contributed by atoms with E-state index in [4.69, 9.17) is 11.6 Å². The maximum atomic E-state index is 10.2. The molecule has 0 aliphatic heterocycles. The summed E-state index contributed by atoms with van der Waals surface area (Å²) in [7, 11) is 0. The summed E-state index contributed by atoms with van der Waals surface area (Å²) in [6.07, 6.45) is 0.386. The number of nitrogens with one attached hydrogen (secondary N) is 2. The Balaban J connectivity index is 0.00000441. The molecule has 3 N–H and O–H groups in total. The maximum Gasteiger partial charge on any atom is 0.191 e. The van der Waals surface area contributed by atoms with E-state index >= 15 is 0 Å². The molecule has 0 bridgehead atoms. The maximum absolute atomic E-state index is 10.2. The minimum atomic E-state index is -0.695. The second-order valence-electron chi connectivity index (χ2n) is 5.37. The summed E-state index contributed by atoms with van der Waals surface area (Å²) < 4.78 is 0. The lowest BCUT2D eigenvalue weighted by Gasteiger charge is -2.14. The van der Waals surface area contributed by atoms with Crippen molar-refractivity contribution in [3.8, 4) is 0 Å². The van der Waals surface area contributed by atoms with Crippen LogP contribution in [0.15, 0.2) is 29.3 Å². The SMILES string of the molecule is CCNC(=NCC(O)c1ccccc1Cl)NCCC(C)C.I. The van der Waals surface area contributed by atoms with Crippen LogP contribution in [-0.2, 0) is 0 Å². The molecule has 0 fully saturated rings. The smallest absolute Gasteiger partial charge is 0.191 e. The molecule has 1 atom stereocenters. The molecule has 0 saturated carbocycles. The van der Waals surface area contributed by atoms with Crippen LogP contribution < -0.4 is 10.6 Å². The molecule has 0 spiro atoms. The van der Waals surface area contributed by atoms with Gasteiger partial charge in [-0.2, -0.15) is 0 Å². The minimum Gasteiger partial charge on any atom is -0.386 e. The van der Waals surface area contributed by atoms with Crippen molar-refractivity contribution in [3.63, 3.8) is 0 Å². The van der Waals surface area contributed by atoms with E-state index in [9.17, 15) is 5.11 Å². The second-order valence-corrected chi connectivity index (χ2v) is 5.77. The Kier molecular flexibility index (Phi) is 11.7. The highest BCUT2D eigenvalue weighted by Gasteiger charge is 2.10. The van der Waals surface area contributed by atoms with E-state index in [2.05, 4.69) is 29.5 Å². The van der Waals surface area contributed by atoms with E-state index in [-0.39, 0.29) is 30.5 Å². The van der Waals surface area contributed by atoms with Gasteiger partial charge in [-0.25, -0.2) is 0 Å². The van der Waals surface area contributed by atoms with Crippen LogP contribution >= 0.6 is 35.6 Å². The summed E-state index contributed by atoms with van der Waals surface area (Å²) in [6, 6.07) is 7.30. The Hall–Kier alpha value is -0.530. The molecule has 1 aromatic rings. The second kappa shape index (κ2) is 12.0. The Labute approximate surface area is 155 Å². The molecule has 0 radical (unpaired) electrons. The largest absolute Gasteiger partial charge is 0.386 e. The number of nitrogens with zero attached hydrogens (tertiary/aromatic N) is 1. The first-order valence-corrected chi connectivity index (χ1v) is 7.87. The van der Waals surface area contributed by atoms with Crippen molar-refractivity contribution >= 4 is 41.5 Å². The van der Waals surface area contributed by atoms with E-state index in [0.29, 0.717) is 16.5 Å². The van der Waals surface area contributed by atoms with Gasteiger partial charge in [-0.05, 0) is 25.3 Å². The number of aliphatic hydroxyl groups excluding tert-OH is 1. The van der Waals surface area contributed by atoms with Gasteiger partial charge < -0.3 is 15.7 Å². The molecule has 126 valence electrons. The number of hydrogen-bond acceptors (Lipinski definition) is 2. The van der Waals surface area contributed by atoms with Gasteiger partial charge in [0.25, 0.3) is 0 Å². The minimum absolute atomic E-state index is 0. The molecule has 22 heavy (non-hydrogen) atoms. The zero-order valence-corrected chi connectivity index (χ0v) is 16.6. The molecule has 0 amide bonds. The molecular weight excluding hydrogens is 413 g/mol. The summed E-state index contributed by atoms with van der Waals surface area (Å²) in [5.74, 6) is 1.37. The van der Waals surface area contributed by atoms with Gasteiger partial charge in [0.05, 0.1) is 6.54 Å². The molecule has 1 aromatic carbocycles. The molecule has 0 heterocycles. The van der Waals surface area contributed by atoms with Crippen LogP contribution in [0, 0.1) is 5.92 Å². The van der Waals surface area contributed by atoms with Crippen LogP contribution in [0.3, 0.4) is 0 Å². The first-order chi connectivity index (χ1) is 10.0. The highest BCUT2D eigenvalue weighted by atomic mass is 127. The van der Waals surface area contributed by atoms with Gasteiger partial charge in [-0.15, -0.1) is 24.0 Å². The summed E-state index contributed by atoms with van der Waals surface area (Å²) in [5.41, 5.74) is 0.709. The van der Waals surface area contributed by atoms with E-state index in [1.807, 2.05) is 25.1 Å². The molecule has 4 nitrogen and oxygen atoms in total. The fourth-order valence-corrected chi connectivity index (χ4v) is 2.10. The Morgan fingerprint density at radius 2 is 1.95 bits per heavy atom. The summed E-state index contributed by atoms with van der Waals surface area (Å²) >= 11 is 6.07. The van der Waals surface area contributed by atoms with Gasteiger partial charge in [0.2, 0.25) is 0 Å². The summed E-state index contributed by atoms with van der Waals surface area (Å²) in [6.45, 7) is 8.33. The molecule has 0 aliphatic carbocycles. The Morgan fingerprint density at radius 3 is 2.55 bits per heavy atom. The van der Waals surface area contributed by atoms with Crippen LogP contribution in [0.2, 0.25) is 5.02 Å². The lowest BCUT2D eigenvalue weighted by Crippen LogP contribution is -2.38. The fourth-order valence-electron chi connectivity index (χ4n) is 1.84. The first kappa shape index (κ1) is 21.5. The number of halogens is 2. The van der Waals surface area contributed by atoms with E-state index in [0.717, 1.165) is 25.5 Å². The van der Waals surface area contributed by atoms with E-state index < -0.39 is 6.10 Å². The summed E-state index contributed by atoms with van der Waals surface area (Å²) in [4.78, 5) is 4.41. The fraction of sp³-hybridized carbons (Fsp3) is 0.562. The predicted molar refractivity (Wildman–Crippen MR) is 105 cm³/mol. The number of rotatable bonds is 7. The summed E-state index contributed by atoms with van der Waals surface area (Å²) in [5, 5.41) is 17.2. The zero-order valence-electron chi connectivity index (χ0n) is 13.5. The molecule has 0 saturated heterocycles. The number of benzene rings is 1. The molecule has 0 aliphatic rings. The standard InChI is InChI=1S/C16H26ClN3O.HI/c1-4-18-16(19-10-9-12(2)3)20-11-15(21)13-7-5-6-8-14(13)17;/h5-8,12,15,21H,4,9-11H2,1-3H3,(H2,18,19,20);1H. The predicted octanol–water partition coefficient (Wildman–Crippen LogP) is 3.59. The molecular formula is C16H27ClIN3O. The average Bonchev–Trinajstić information content (AvgIpc) is 2.44. The van der Waals surface area contributed by atoms with Crippen molar-refractivity contribution in [2.75, 3.05) is 19.6 Å². The third-order valence-electron chi connectivity index (χ3n) is 3.04. The van der Waals surface area contributed by atoms with E-state index in [1.165, 1.54) is 0 Å². The van der Waals surface area contributed by atoms with Crippen molar-refractivity contribution in [1.82, 2.24) is 10.6 Å². The number of guanidine groups is 1. The number of aliphatic hydroxyl groups is 1. The van der Waals surface area contributed by atoms with Gasteiger partial charge >= 0.3 is 0 Å². The van der Waals surface area contributed by atoms with Crippen molar-refractivity contribution in [1.29, 1.82) is 0 Å². The average molecular weight is 440 g/mol. The number of aliphatic imine (C=N–C) groups is 1. The van der Waals surface area contributed by atoms with Crippen molar-refractivity contribution in [3.05, 3.63) is 34.9 Å². The van der Waals surface area contributed by atoms with Crippen molar-refractivity contribution < 1.29 is 5.11 Å². The third-order valence-corrected chi connectivity index (χ3v) is 3.39. The number of hydrogen-bond donors (Lipinski definition) is 3. The molecule has 6 heteroatoms. The van der Waals surface area contributed by atoms with Crippen molar-refractivity contribution in [2.24, 2.45) is 10.9 Å². The highest BCUT2D eigenvalue weighted by molar-refractivity contribution is 14.0. The van der Waals surface area contributed by atoms with Gasteiger partial charge in [0.15, 0.2) is 5.96 Å². The quantitative estimate of drug-likeness (QED) is 0.346. The molecule has 1 rings (SSSR count). The van der Waals surface area contributed by atoms with Gasteiger partial charge in [-0.3, -0.25) is 4.99 Å². The highest BCUT2D eigenvalue weighted by Crippen LogP contribution is 2.22. The van der Waals surface area contributed by atoms with Crippen LogP contribution in [0.5, 0.6) is 0 Å². The monoisotopic (exact) mass is 439 g/mol. The topological polar surface area (TPSA) is 56.7 Å². The third kappa shape index (κ3) is 8.19. The van der Waals surface area contributed by atoms with Crippen LogP contribution in [-0.4, -0.2) is 30.7 Å². The Bertz CT molecular complexity index is 455. The Morgan fingerprint density at radius 1 is 1.27 bits per heavy atom. The molecule has 1 unspecified atom stereocenters. The van der Waals surface area contributed by atoms with Crippen LogP contribution in [0.4, 0.5) is 0 Å². The first-order valence-electron chi connectivity index (χ1n) is 7.49. The van der Waals surface area contributed by atoms with Gasteiger partial charge in [0, 0.05) is 23.7 Å². The van der Waals surface area contributed by atoms with Gasteiger partial charge in [-0.1, -0.05) is 43.6 Å².